The van der Waals surface area contributed by atoms with Gasteiger partial charge in [0, 0.05) is 6.54 Å². The molecule has 0 aliphatic heterocycles. The first-order valence-electron chi connectivity index (χ1n) is 6.71. The zero-order chi connectivity index (χ0) is 15.4. The maximum atomic E-state index is 12.7. The lowest BCUT2D eigenvalue weighted by Gasteiger charge is -2.15. The number of halogens is 1. The number of rotatable bonds is 6. The standard InChI is InChI=1S/C15H19BrN4O/c1-19(2)8-9-20-14(12(16)10-18-20)15(21)13(17)11-6-4-3-5-7-11/h3-7,10,13H,8-9,17H2,1-2H3/t13-/m1/s1. The van der Waals surface area contributed by atoms with Crippen LogP contribution in [0.4, 0.5) is 0 Å². The van der Waals surface area contributed by atoms with Gasteiger partial charge in [-0.25, -0.2) is 0 Å². The van der Waals surface area contributed by atoms with Gasteiger partial charge >= 0.3 is 0 Å². The highest BCUT2D eigenvalue weighted by Crippen LogP contribution is 2.22. The molecular formula is C15H19BrN4O. The summed E-state index contributed by atoms with van der Waals surface area (Å²) in [7, 11) is 3.96. The number of carbonyl (C=O) groups is 1. The lowest BCUT2D eigenvalue weighted by molar-refractivity contribution is 0.0949. The molecule has 1 aromatic heterocycles. The second kappa shape index (κ2) is 6.98. The van der Waals surface area contributed by atoms with E-state index in [2.05, 4.69) is 21.0 Å². The van der Waals surface area contributed by atoms with Crippen molar-refractivity contribution >= 4 is 21.7 Å². The minimum atomic E-state index is -0.683. The molecule has 2 aromatic rings. The normalized spacial score (nSPS) is 12.6. The summed E-state index contributed by atoms with van der Waals surface area (Å²) in [5.74, 6) is -0.135. The number of carbonyl (C=O) groups excluding carboxylic acids is 1. The summed E-state index contributed by atoms with van der Waals surface area (Å²) in [6.07, 6.45) is 1.64. The molecule has 0 amide bonds. The van der Waals surface area contributed by atoms with Gasteiger partial charge in [-0.15, -0.1) is 0 Å². The van der Waals surface area contributed by atoms with Crippen molar-refractivity contribution in [3.63, 3.8) is 0 Å². The number of benzene rings is 1. The zero-order valence-electron chi connectivity index (χ0n) is 12.2. The molecule has 2 rings (SSSR count). The van der Waals surface area contributed by atoms with Gasteiger partial charge in [-0.1, -0.05) is 30.3 Å². The van der Waals surface area contributed by atoms with Crippen LogP contribution in [-0.4, -0.2) is 41.1 Å². The molecule has 0 spiro atoms. The topological polar surface area (TPSA) is 64.2 Å². The molecule has 0 aliphatic rings. The zero-order valence-corrected chi connectivity index (χ0v) is 13.7. The summed E-state index contributed by atoms with van der Waals surface area (Å²) in [6, 6.07) is 8.69. The fraction of sp³-hybridized carbons (Fsp3) is 0.333. The lowest BCUT2D eigenvalue weighted by Crippen LogP contribution is -2.27. The Bertz CT molecular complexity index is 609. The average Bonchev–Trinajstić information content (AvgIpc) is 2.85. The smallest absolute Gasteiger partial charge is 0.203 e. The van der Waals surface area contributed by atoms with E-state index in [-0.39, 0.29) is 5.78 Å². The van der Waals surface area contributed by atoms with Crippen molar-refractivity contribution < 1.29 is 4.79 Å². The monoisotopic (exact) mass is 350 g/mol. The fourth-order valence-electron chi connectivity index (χ4n) is 2.03. The van der Waals surface area contributed by atoms with Gasteiger partial charge in [0.1, 0.15) is 5.69 Å². The molecule has 0 aliphatic carbocycles. The number of hydrogen-bond donors (Lipinski definition) is 1. The van der Waals surface area contributed by atoms with E-state index in [0.29, 0.717) is 16.7 Å². The van der Waals surface area contributed by atoms with Crippen LogP contribution >= 0.6 is 15.9 Å². The van der Waals surface area contributed by atoms with Gasteiger partial charge in [0.15, 0.2) is 0 Å². The number of likely N-dealkylation sites (N-methyl/N-ethyl adjacent to an activating group) is 1. The van der Waals surface area contributed by atoms with Gasteiger partial charge < -0.3 is 10.6 Å². The van der Waals surface area contributed by atoms with Crippen molar-refractivity contribution in [3.05, 3.63) is 52.3 Å². The molecule has 0 saturated carbocycles. The quantitative estimate of drug-likeness (QED) is 0.810. The van der Waals surface area contributed by atoms with Crippen LogP contribution < -0.4 is 5.73 Å². The molecule has 21 heavy (non-hydrogen) atoms. The number of Topliss-reactive ketones (excluding diaryl/α,β-unsaturated/α-hetero) is 1. The number of ketones is 1. The van der Waals surface area contributed by atoms with Crippen molar-refractivity contribution in [2.45, 2.75) is 12.6 Å². The van der Waals surface area contributed by atoms with E-state index < -0.39 is 6.04 Å². The second-order valence-corrected chi connectivity index (χ2v) is 5.97. The highest BCUT2D eigenvalue weighted by molar-refractivity contribution is 9.10. The molecule has 0 fully saturated rings. The van der Waals surface area contributed by atoms with E-state index in [0.717, 1.165) is 12.1 Å². The number of hydrogen-bond acceptors (Lipinski definition) is 4. The van der Waals surface area contributed by atoms with Crippen LogP contribution in [0.25, 0.3) is 0 Å². The summed E-state index contributed by atoms with van der Waals surface area (Å²) in [6.45, 7) is 1.44. The summed E-state index contributed by atoms with van der Waals surface area (Å²) >= 11 is 3.39. The van der Waals surface area contributed by atoms with Gasteiger partial charge in [-0.2, -0.15) is 5.10 Å². The first-order valence-corrected chi connectivity index (χ1v) is 7.50. The third kappa shape index (κ3) is 3.78. The first kappa shape index (κ1) is 15.9. The van der Waals surface area contributed by atoms with Crippen molar-refractivity contribution in [1.82, 2.24) is 14.7 Å². The van der Waals surface area contributed by atoms with Crippen LogP contribution in [0.2, 0.25) is 0 Å². The molecule has 0 bridgehead atoms. The molecule has 1 heterocycles. The van der Waals surface area contributed by atoms with Crippen molar-refractivity contribution in [2.24, 2.45) is 5.73 Å². The minimum Gasteiger partial charge on any atom is -0.317 e. The Morgan fingerprint density at radius 3 is 2.67 bits per heavy atom. The minimum absolute atomic E-state index is 0.135. The highest BCUT2D eigenvalue weighted by Gasteiger charge is 2.24. The Labute approximate surface area is 132 Å². The molecule has 0 saturated heterocycles. The number of aromatic nitrogens is 2. The molecule has 6 heteroatoms. The first-order chi connectivity index (χ1) is 10.0. The maximum absolute atomic E-state index is 12.7. The molecule has 0 unspecified atom stereocenters. The van der Waals surface area contributed by atoms with Gasteiger partial charge in [0.25, 0.3) is 0 Å². The molecule has 5 nitrogen and oxygen atoms in total. The van der Waals surface area contributed by atoms with E-state index in [1.165, 1.54) is 0 Å². The van der Waals surface area contributed by atoms with E-state index in [1.54, 1.807) is 10.9 Å². The third-order valence-corrected chi connectivity index (χ3v) is 3.81. The molecular weight excluding hydrogens is 332 g/mol. The Morgan fingerprint density at radius 1 is 1.38 bits per heavy atom. The van der Waals surface area contributed by atoms with Gasteiger partial charge in [-0.05, 0) is 35.6 Å². The van der Waals surface area contributed by atoms with Gasteiger partial charge in [0.05, 0.1) is 23.3 Å². The SMILES string of the molecule is CN(C)CCn1ncc(Br)c1C(=O)[C@H](N)c1ccccc1. The van der Waals surface area contributed by atoms with Gasteiger partial charge in [-0.3, -0.25) is 9.48 Å². The van der Waals surface area contributed by atoms with Crippen LogP contribution in [0.3, 0.4) is 0 Å². The molecule has 0 radical (unpaired) electrons. The van der Waals surface area contributed by atoms with E-state index in [9.17, 15) is 4.79 Å². The predicted molar refractivity (Wildman–Crippen MR) is 86.2 cm³/mol. The van der Waals surface area contributed by atoms with Crippen LogP contribution in [0.15, 0.2) is 41.0 Å². The van der Waals surface area contributed by atoms with E-state index in [1.807, 2.05) is 49.3 Å². The van der Waals surface area contributed by atoms with Crippen LogP contribution in [0, 0.1) is 0 Å². The third-order valence-electron chi connectivity index (χ3n) is 3.23. The summed E-state index contributed by atoms with van der Waals surface area (Å²) in [4.78, 5) is 14.7. The molecule has 1 aromatic carbocycles. The van der Waals surface area contributed by atoms with Crippen LogP contribution in [0.1, 0.15) is 22.1 Å². The summed E-state index contributed by atoms with van der Waals surface area (Å²) in [5, 5.41) is 4.25. The van der Waals surface area contributed by atoms with Crippen LogP contribution in [0.5, 0.6) is 0 Å². The largest absolute Gasteiger partial charge is 0.317 e. The average molecular weight is 351 g/mol. The maximum Gasteiger partial charge on any atom is 0.203 e. The Hall–Kier alpha value is -1.50. The summed E-state index contributed by atoms with van der Waals surface area (Å²) in [5.41, 5.74) is 7.42. The highest BCUT2D eigenvalue weighted by atomic mass is 79.9. The predicted octanol–water partition coefficient (Wildman–Crippen LogP) is 2.09. The Morgan fingerprint density at radius 2 is 2.05 bits per heavy atom. The lowest BCUT2D eigenvalue weighted by atomic mass is 10.0. The second-order valence-electron chi connectivity index (χ2n) is 5.12. The van der Waals surface area contributed by atoms with E-state index >= 15 is 0 Å². The van der Waals surface area contributed by atoms with Crippen molar-refractivity contribution in [1.29, 1.82) is 0 Å². The van der Waals surface area contributed by atoms with Gasteiger partial charge in [0.2, 0.25) is 5.78 Å². The van der Waals surface area contributed by atoms with Crippen molar-refractivity contribution in [2.75, 3.05) is 20.6 Å². The fourth-order valence-corrected chi connectivity index (χ4v) is 2.52. The molecule has 1 atom stereocenters. The van der Waals surface area contributed by atoms with E-state index in [4.69, 9.17) is 5.73 Å². The van der Waals surface area contributed by atoms with Crippen molar-refractivity contribution in [3.8, 4) is 0 Å². The molecule has 2 N–H and O–H groups in total. The molecule has 112 valence electrons. The number of nitrogens with zero attached hydrogens (tertiary/aromatic N) is 3. The van der Waals surface area contributed by atoms with Crippen LogP contribution in [-0.2, 0) is 6.54 Å². The Kier molecular flexibility index (Phi) is 5.27. The number of nitrogens with two attached hydrogens (primary N) is 1. The Balaban J connectivity index is 2.24. The summed E-state index contributed by atoms with van der Waals surface area (Å²) < 4.78 is 2.38.